The number of hydrogen-bond donors (Lipinski definition) is 2. The maximum absolute atomic E-state index is 12.6. The number of carbonyl (C=O) groups excluding carboxylic acids is 1. The fourth-order valence-corrected chi connectivity index (χ4v) is 3.73. The number of anilines is 2. The molecule has 3 rings (SSSR count). The molecule has 2 heterocycles. The van der Waals surface area contributed by atoms with Gasteiger partial charge < -0.3 is 15.8 Å². The van der Waals surface area contributed by atoms with E-state index in [1.165, 1.54) is 11.3 Å². The van der Waals surface area contributed by atoms with Gasteiger partial charge in [0.15, 0.2) is 0 Å². The van der Waals surface area contributed by atoms with Gasteiger partial charge in [-0.1, -0.05) is 13.8 Å². The molecule has 0 radical (unpaired) electrons. The summed E-state index contributed by atoms with van der Waals surface area (Å²) in [6, 6.07) is 11.2. The molecule has 0 atom stereocenters. The highest BCUT2D eigenvalue weighted by Crippen LogP contribution is 2.33. The largest absolute Gasteiger partial charge is 0.494 e. The summed E-state index contributed by atoms with van der Waals surface area (Å²) in [4.78, 5) is 18.6. The van der Waals surface area contributed by atoms with Gasteiger partial charge in [0, 0.05) is 16.8 Å². The Hall–Kier alpha value is -2.60. The monoisotopic (exact) mass is 369 g/mol. The van der Waals surface area contributed by atoms with Gasteiger partial charge in [-0.05, 0) is 55.7 Å². The number of aromatic nitrogens is 1. The van der Waals surface area contributed by atoms with Crippen molar-refractivity contribution in [2.24, 2.45) is 5.92 Å². The van der Waals surface area contributed by atoms with E-state index >= 15 is 0 Å². The van der Waals surface area contributed by atoms with Crippen LogP contribution in [0.15, 0.2) is 36.4 Å². The highest BCUT2D eigenvalue weighted by Gasteiger charge is 2.18. The van der Waals surface area contributed by atoms with E-state index in [4.69, 9.17) is 10.5 Å². The van der Waals surface area contributed by atoms with Gasteiger partial charge in [0.1, 0.15) is 15.5 Å². The molecule has 0 spiro atoms. The fourth-order valence-electron chi connectivity index (χ4n) is 2.73. The molecule has 0 aliphatic heterocycles. The predicted octanol–water partition coefficient (Wildman–Crippen LogP) is 4.73. The van der Waals surface area contributed by atoms with E-state index in [0.717, 1.165) is 28.1 Å². The second-order valence-corrected chi connectivity index (χ2v) is 7.51. The Balaban J connectivity index is 1.82. The molecule has 0 aliphatic carbocycles. The maximum Gasteiger partial charge on any atom is 0.267 e. The van der Waals surface area contributed by atoms with Crippen molar-refractivity contribution in [3.8, 4) is 5.75 Å². The Morgan fingerprint density at radius 2 is 1.96 bits per heavy atom. The van der Waals surface area contributed by atoms with Gasteiger partial charge in [0.05, 0.1) is 12.3 Å². The van der Waals surface area contributed by atoms with Crippen LogP contribution in [-0.4, -0.2) is 17.5 Å². The Morgan fingerprint density at radius 3 is 2.62 bits per heavy atom. The molecule has 3 N–H and O–H groups in total. The SMILES string of the molecule is CCOc1ccc(NC(=O)c2sc3nc(CC(C)C)ccc3c2N)cc1. The van der Waals surface area contributed by atoms with Crippen LogP contribution in [0.4, 0.5) is 11.4 Å². The van der Waals surface area contributed by atoms with Crippen LogP contribution in [0.1, 0.15) is 36.1 Å². The van der Waals surface area contributed by atoms with E-state index in [-0.39, 0.29) is 5.91 Å². The molecule has 136 valence electrons. The summed E-state index contributed by atoms with van der Waals surface area (Å²) < 4.78 is 5.41. The molecule has 0 fully saturated rings. The van der Waals surface area contributed by atoms with Crippen molar-refractivity contribution < 1.29 is 9.53 Å². The summed E-state index contributed by atoms with van der Waals surface area (Å²) in [6.07, 6.45) is 0.904. The van der Waals surface area contributed by atoms with Gasteiger partial charge in [-0.3, -0.25) is 4.79 Å². The second kappa shape index (κ2) is 7.74. The van der Waals surface area contributed by atoms with E-state index in [0.29, 0.717) is 28.8 Å². The number of nitrogens with one attached hydrogen (secondary N) is 1. The fraction of sp³-hybridized carbons (Fsp3) is 0.300. The quantitative estimate of drug-likeness (QED) is 0.658. The summed E-state index contributed by atoms with van der Waals surface area (Å²) >= 11 is 1.33. The summed E-state index contributed by atoms with van der Waals surface area (Å²) in [7, 11) is 0. The number of rotatable bonds is 6. The Labute approximate surface area is 157 Å². The number of thiophene rings is 1. The highest BCUT2D eigenvalue weighted by molar-refractivity contribution is 7.21. The number of fused-ring (bicyclic) bond motifs is 1. The van der Waals surface area contributed by atoms with Crippen LogP contribution >= 0.6 is 11.3 Å². The first kappa shape index (κ1) is 18.2. The zero-order chi connectivity index (χ0) is 18.7. The zero-order valence-electron chi connectivity index (χ0n) is 15.2. The molecular formula is C20H23N3O2S. The smallest absolute Gasteiger partial charge is 0.267 e. The van der Waals surface area contributed by atoms with E-state index < -0.39 is 0 Å². The molecule has 0 saturated heterocycles. The first-order valence-corrected chi connectivity index (χ1v) is 9.51. The van der Waals surface area contributed by atoms with Crippen molar-refractivity contribution in [3.05, 3.63) is 47.0 Å². The topological polar surface area (TPSA) is 77.2 Å². The van der Waals surface area contributed by atoms with Crippen molar-refractivity contribution in [1.82, 2.24) is 4.98 Å². The van der Waals surface area contributed by atoms with Gasteiger partial charge in [0.2, 0.25) is 0 Å². The first-order valence-electron chi connectivity index (χ1n) is 8.70. The van der Waals surface area contributed by atoms with Crippen LogP contribution in [0.2, 0.25) is 0 Å². The molecule has 26 heavy (non-hydrogen) atoms. The molecule has 6 heteroatoms. The molecule has 2 aromatic heterocycles. The third-order valence-corrected chi connectivity index (χ3v) is 5.01. The zero-order valence-corrected chi connectivity index (χ0v) is 16.0. The molecule has 3 aromatic rings. The Morgan fingerprint density at radius 1 is 1.23 bits per heavy atom. The normalized spacial score (nSPS) is 11.1. The first-order chi connectivity index (χ1) is 12.5. The molecule has 1 amide bonds. The lowest BCUT2D eigenvalue weighted by Gasteiger charge is -2.06. The maximum atomic E-state index is 12.6. The van der Waals surface area contributed by atoms with Crippen LogP contribution < -0.4 is 15.8 Å². The average Bonchev–Trinajstić information content (AvgIpc) is 2.93. The van der Waals surface area contributed by atoms with Crippen LogP contribution in [-0.2, 0) is 6.42 Å². The standard InChI is InChI=1S/C20H23N3O2S/c1-4-25-15-8-5-13(6-9-15)22-19(24)18-17(21)16-10-7-14(11-12(2)3)23-20(16)26-18/h5-10,12H,4,11,21H2,1-3H3,(H,22,24). The molecule has 0 saturated carbocycles. The highest BCUT2D eigenvalue weighted by atomic mass is 32.1. The minimum Gasteiger partial charge on any atom is -0.494 e. The third-order valence-electron chi connectivity index (χ3n) is 3.90. The van der Waals surface area contributed by atoms with Gasteiger partial charge in [0.25, 0.3) is 5.91 Å². The van der Waals surface area contributed by atoms with Gasteiger partial charge in [-0.2, -0.15) is 0 Å². The molecule has 0 bridgehead atoms. The molecular weight excluding hydrogens is 346 g/mol. The number of hydrogen-bond acceptors (Lipinski definition) is 5. The minimum atomic E-state index is -0.222. The minimum absolute atomic E-state index is 0.222. The number of benzene rings is 1. The van der Waals surface area contributed by atoms with Crippen LogP contribution in [0.25, 0.3) is 10.2 Å². The summed E-state index contributed by atoms with van der Waals surface area (Å²) in [5.41, 5.74) is 8.40. The number of amides is 1. The van der Waals surface area contributed by atoms with E-state index in [1.54, 1.807) is 0 Å². The van der Waals surface area contributed by atoms with Crippen LogP contribution in [0.3, 0.4) is 0 Å². The molecule has 0 aliphatic rings. The second-order valence-electron chi connectivity index (χ2n) is 6.51. The van der Waals surface area contributed by atoms with E-state index in [1.807, 2.05) is 43.3 Å². The van der Waals surface area contributed by atoms with Crippen molar-refractivity contribution in [1.29, 1.82) is 0 Å². The summed E-state index contributed by atoms with van der Waals surface area (Å²) in [5.74, 6) is 1.08. The third kappa shape index (κ3) is 3.96. The number of nitrogen functional groups attached to an aromatic ring is 1. The molecule has 5 nitrogen and oxygen atoms in total. The number of nitrogens with two attached hydrogens (primary N) is 1. The van der Waals surface area contributed by atoms with Crippen molar-refractivity contribution >= 4 is 38.8 Å². The number of carbonyl (C=O) groups is 1. The van der Waals surface area contributed by atoms with Gasteiger partial charge in [-0.15, -0.1) is 11.3 Å². The van der Waals surface area contributed by atoms with Crippen LogP contribution in [0, 0.1) is 5.92 Å². The summed E-state index contributed by atoms with van der Waals surface area (Å²) in [5, 5.41) is 3.72. The van der Waals surface area contributed by atoms with E-state index in [9.17, 15) is 4.79 Å². The van der Waals surface area contributed by atoms with Gasteiger partial charge >= 0.3 is 0 Å². The number of nitrogens with zero attached hydrogens (tertiary/aromatic N) is 1. The van der Waals surface area contributed by atoms with Gasteiger partial charge in [-0.25, -0.2) is 4.98 Å². The van der Waals surface area contributed by atoms with Crippen molar-refractivity contribution in [2.45, 2.75) is 27.2 Å². The Kier molecular flexibility index (Phi) is 5.42. The number of pyridine rings is 1. The van der Waals surface area contributed by atoms with E-state index in [2.05, 4.69) is 24.1 Å². The lowest BCUT2D eigenvalue weighted by atomic mass is 10.1. The lowest BCUT2D eigenvalue weighted by molar-refractivity contribution is 0.103. The lowest BCUT2D eigenvalue weighted by Crippen LogP contribution is -2.11. The summed E-state index contributed by atoms with van der Waals surface area (Å²) in [6.45, 7) is 6.85. The van der Waals surface area contributed by atoms with Crippen molar-refractivity contribution in [2.75, 3.05) is 17.7 Å². The molecule has 0 unspecified atom stereocenters. The predicted molar refractivity (Wildman–Crippen MR) is 108 cm³/mol. The Bertz CT molecular complexity index is 917. The van der Waals surface area contributed by atoms with Crippen molar-refractivity contribution in [3.63, 3.8) is 0 Å². The molecule has 1 aromatic carbocycles. The number of ether oxygens (including phenoxy) is 1. The average molecular weight is 369 g/mol. The van der Waals surface area contributed by atoms with Crippen LogP contribution in [0.5, 0.6) is 5.75 Å².